The van der Waals surface area contributed by atoms with E-state index < -0.39 is 0 Å². The summed E-state index contributed by atoms with van der Waals surface area (Å²) >= 11 is 0. The largest absolute Gasteiger partial charge is 0.288 e. The first-order chi connectivity index (χ1) is 11.3. The van der Waals surface area contributed by atoms with E-state index in [-0.39, 0.29) is 21.6 Å². The molecule has 1 rings (SSSR count). The number of carbonyl (C=O) groups excluding carboxylic acids is 1. The molecule has 2 unspecified atom stereocenters. The smallest absolute Gasteiger partial charge is 0.215 e. The van der Waals surface area contributed by atoms with Gasteiger partial charge < -0.3 is 0 Å². The first-order valence-electron chi connectivity index (χ1n) is 9.58. The number of benzene rings is 1. The van der Waals surface area contributed by atoms with E-state index in [0.29, 0.717) is 5.78 Å². The van der Waals surface area contributed by atoms with Gasteiger partial charge >= 0.3 is 0 Å². The monoisotopic (exact) mass is 349 g/mol. The van der Waals surface area contributed by atoms with Crippen LogP contribution < -0.4 is 0 Å². The fourth-order valence-corrected chi connectivity index (χ4v) is 6.47. The van der Waals surface area contributed by atoms with Crippen LogP contribution in [0, 0.1) is 12.3 Å². The molecular weight excluding hydrogens is 312 g/mol. The van der Waals surface area contributed by atoms with Crippen molar-refractivity contribution in [2.75, 3.05) is 11.5 Å². The highest BCUT2D eigenvalue weighted by Crippen LogP contribution is 2.32. The van der Waals surface area contributed by atoms with Gasteiger partial charge in [0.1, 0.15) is 11.5 Å². The van der Waals surface area contributed by atoms with Crippen molar-refractivity contribution in [3.8, 4) is 0 Å². The predicted molar refractivity (Wildman–Crippen MR) is 110 cm³/mol. The normalized spacial score (nSPS) is 14.4. The highest BCUT2D eigenvalue weighted by atomic mass is 32.2. The molecule has 0 fully saturated rings. The summed E-state index contributed by atoms with van der Waals surface area (Å²) in [7, 11) is 0.181. The molecule has 0 radical (unpaired) electrons. The number of ketones is 1. The number of Topliss-reactive ketones (excluding diaryl/α,β-unsaturated/α-hetero) is 1. The van der Waals surface area contributed by atoms with Crippen molar-refractivity contribution in [1.29, 1.82) is 0 Å². The van der Waals surface area contributed by atoms with Gasteiger partial charge in [0.05, 0.1) is 0 Å². The van der Waals surface area contributed by atoms with Gasteiger partial charge in [-0.25, -0.2) is 0 Å². The molecule has 0 aliphatic rings. The summed E-state index contributed by atoms with van der Waals surface area (Å²) in [5.41, 5.74) is 2.13. The summed E-state index contributed by atoms with van der Waals surface area (Å²) in [5, 5.41) is 0.142. The molecule has 1 nitrogen and oxygen atoms in total. The van der Waals surface area contributed by atoms with Crippen molar-refractivity contribution in [3.63, 3.8) is 0 Å². The average Bonchev–Trinajstić information content (AvgIpc) is 2.51. The summed E-state index contributed by atoms with van der Waals surface area (Å²) in [6.45, 7) is 13.3. The van der Waals surface area contributed by atoms with Crippen LogP contribution in [0.15, 0.2) is 24.3 Å². The van der Waals surface area contributed by atoms with E-state index in [2.05, 4.69) is 53.7 Å². The Hall–Kier alpha value is -0.760. The summed E-state index contributed by atoms with van der Waals surface area (Å²) < 4.78 is 0. The number of hydrogen-bond acceptors (Lipinski definition) is 1. The number of rotatable bonds is 10. The average molecular weight is 350 g/mol. The van der Waals surface area contributed by atoms with Crippen LogP contribution in [-0.2, 0) is 10.9 Å². The van der Waals surface area contributed by atoms with Gasteiger partial charge in [-0.05, 0) is 37.1 Å². The Balaban J connectivity index is 3.05. The Morgan fingerprint density at radius 3 is 2.00 bits per heavy atom. The van der Waals surface area contributed by atoms with E-state index in [9.17, 15) is 4.79 Å². The van der Waals surface area contributed by atoms with Crippen LogP contribution in [0.5, 0.6) is 0 Å². The molecule has 0 aliphatic carbocycles. The first-order valence-corrected chi connectivity index (χ1v) is 11.2. The van der Waals surface area contributed by atoms with Gasteiger partial charge in [0.25, 0.3) is 0 Å². The van der Waals surface area contributed by atoms with Crippen LogP contribution in [-0.4, -0.2) is 22.5 Å². The maximum absolute atomic E-state index is 13.3. The topological polar surface area (TPSA) is 17.1 Å². The van der Waals surface area contributed by atoms with E-state index in [4.69, 9.17) is 0 Å². The second kappa shape index (κ2) is 10.3. The molecule has 2 atom stereocenters. The van der Waals surface area contributed by atoms with E-state index in [1.807, 2.05) is 12.1 Å². The molecule has 0 N–H and O–H groups in total. The maximum Gasteiger partial charge on any atom is 0.215 e. The highest BCUT2D eigenvalue weighted by Gasteiger charge is 2.44. The van der Waals surface area contributed by atoms with Crippen LogP contribution in [0.4, 0.5) is 0 Å². The van der Waals surface area contributed by atoms with Gasteiger partial charge in [-0.3, -0.25) is 4.79 Å². The molecule has 1 aromatic carbocycles. The lowest BCUT2D eigenvalue weighted by molar-refractivity contribution is 0.0949. The van der Waals surface area contributed by atoms with Crippen LogP contribution in [0.2, 0.25) is 0 Å². The first kappa shape index (κ1) is 21.3. The second-order valence-corrected chi connectivity index (χ2v) is 10.3. The second-order valence-electron chi connectivity index (χ2n) is 7.98. The zero-order chi connectivity index (χ0) is 18.2. The number of unbranched alkanes of at least 4 members (excludes halogenated alkanes) is 3. The van der Waals surface area contributed by atoms with Gasteiger partial charge in [0.2, 0.25) is 5.78 Å². The van der Waals surface area contributed by atoms with Crippen molar-refractivity contribution in [2.45, 2.75) is 78.9 Å². The van der Waals surface area contributed by atoms with Crippen molar-refractivity contribution in [2.24, 2.45) is 5.41 Å². The minimum atomic E-state index is 0.0189. The molecule has 0 saturated carbocycles. The molecule has 0 aliphatic heterocycles. The summed E-state index contributed by atoms with van der Waals surface area (Å²) in [6.07, 6.45) is 6.25. The van der Waals surface area contributed by atoms with E-state index in [0.717, 1.165) is 5.56 Å². The molecule has 0 amide bonds. The van der Waals surface area contributed by atoms with E-state index in [1.54, 1.807) is 0 Å². The van der Waals surface area contributed by atoms with E-state index >= 15 is 0 Å². The molecule has 0 bridgehead atoms. The van der Waals surface area contributed by atoms with Gasteiger partial charge in [0, 0.05) is 11.0 Å². The fourth-order valence-electron chi connectivity index (χ4n) is 3.12. The molecular formula is C22H37OS+. The van der Waals surface area contributed by atoms with Crippen molar-refractivity contribution < 1.29 is 4.79 Å². The number of carbonyl (C=O) groups is 1. The minimum Gasteiger partial charge on any atom is -0.288 e. The van der Waals surface area contributed by atoms with Crippen LogP contribution in [0.3, 0.4) is 0 Å². The molecule has 0 heterocycles. The fraction of sp³-hybridized carbons (Fsp3) is 0.682. The van der Waals surface area contributed by atoms with Gasteiger partial charge in [0.15, 0.2) is 5.25 Å². The van der Waals surface area contributed by atoms with Crippen LogP contribution in [0.1, 0.15) is 82.6 Å². The van der Waals surface area contributed by atoms with Crippen LogP contribution >= 0.6 is 0 Å². The Morgan fingerprint density at radius 2 is 1.50 bits per heavy atom. The lowest BCUT2D eigenvalue weighted by atomic mass is 9.87. The Morgan fingerprint density at radius 1 is 0.958 bits per heavy atom. The minimum absolute atomic E-state index is 0.0189. The van der Waals surface area contributed by atoms with E-state index in [1.165, 1.54) is 49.2 Å². The lowest BCUT2D eigenvalue weighted by Gasteiger charge is -2.29. The predicted octanol–water partition coefficient (Wildman–Crippen LogP) is 6.20. The molecule has 136 valence electrons. The summed E-state index contributed by atoms with van der Waals surface area (Å²) in [4.78, 5) is 13.3. The Kier molecular flexibility index (Phi) is 9.12. The zero-order valence-electron chi connectivity index (χ0n) is 16.7. The standard InChI is InChI=1S/C22H37OS/c1-7-9-11-17-24(16-10-8-2)21(22(4,5)6)20(23)19-14-12-18(3)13-15-19/h12-15,21H,7-11,16-17H2,1-6H3/q+1. The number of hydrogen-bond donors (Lipinski definition) is 0. The summed E-state index contributed by atoms with van der Waals surface area (Å²) in [6, 6.07) is 8.16. The molecule has 2 heteroatoms. The SMILES string of the molecule is CCCCC[S+](CCCC)C(C(=O)c1ccc(C)cc1)C(C)(C)C. The molecule has 0 saturated heterocycles. The van der Waals surface area contributed by atoms with Gasteiger partial charge in [-0.2, -0.15) is 0 Å². The highest BCUT2D eigenvalue weighted by molar-refractivity contribution is 7.98. The molecule has 24 heavy (non-hydrogen) atoms. The van der Waals surface area contributed by atoms with Crippen LogP contribution in [0.25, 0.3) is 0 Å². The quantitative estimate of drug-likeness (QED) is 0.279. The Bertz CT molecular complexity index is 484. The maximum atomic E-state index is 13.3. The zero-order valence-corrected chi connectivity index (χ0v) is 17.5. The molecule has 0 aromatic heterocycles. The van der Waals surface area contributed by atoms with Crippen molar-refractivity contribution >= 4 is 16.7 Å². The Labute approximate surface area is 153 Å². The molecule has 0 spiro atoms. The third-order valence-electron chi connectivity index (χ3n) is 4.46. The molecule has 1 aromatic rings. The van der Waals surface area contributed by atoms with Gasteiger partial charge in [-0.1, -0.05) is 77.3 Å². The van der Waals surface area contributed by atoms with Gasteiger partial charge in [-0.15, -0.1) is 0 Å². The third-order valence-corrected chi connectivity index (χ3v) is 7.68. The third kappa shape index (κ3) is 6.63. The number of aryl methyl sites for hydroxylation is 1. The summed E-state index contributed by atoms with van der Waals surface area (Å²) in [5.74, 6) is 2.78. The van der Waals surface area contributed by atoms with Crippen molar-refractivity contribution in [1.82, 2.24) is 0 Å². The lowest BCUT2D eigenvalue weighted by Crippen LogP contribution is -2.44. The van der Waals surface area contributed by atoms with Crippen molar-refractivity contribution in [3.05, 3.63) is 35.4 Å².